The van der Waals surface area contributed by atoms with Crippen LogP contribution in [0, 0.1) is 0 Å². The molecule has 142 valence electrons. The SMILES string of the molecule is CCOc1nc(N)nc2c1ncn2[C@@H]1O[C@H](CO)[C@H]2OC(C)(C)O[C@]21C. The summed E-state index contributed by atoms with van der Waals surface area (Å²) < 4.78 is 25.4. The normalized spacial score (nSPS) is 32.9. The smallest absolute Gasteiger partial charge is 0.247 e. The number of nitrogens with two attached hydrogens (primary N) is 1. The fourth-order valence-electron chi connectivity index (χ4n) is 3.84. The van der Waals surface area contributed by atoms with Crippen LogP contribution in [0.5, 0.6) is 5.88 Å². The number of hydrogen-bond donors (Lipinski definition) is 2. The fraction of sp³-hybridized carbons (Fsp3) is 0.688. The quantitative estimate of drug-likeness (QED) is 0.801. The maximum Gasteiger partial charge on any atom is 0.247 e. The molecule has 2 aromatic heterocycles. The highest BCUT2D eigenvalue weighted by molar-refractivity contribution is 5.77. The molecule has 3 N–H and O–H groups in total. The van der Waals surface area contributed by atoms with E-state index >= 15 is 0 Å². The third kappa shape index (κ3) is 2.44. The van der Waals surface area contributed by atoms with Crippen LogP contribution in [0.3, 0.4) is 0 Å². The zero-order valence-electron chi connectivity index (χ0n) is 15.2. The van der Waals surface area contributed by atoms with Gasteiger partial charge in [-0.3, -0.25) is 4.57 Å². The van der Waals surface area contributed by atoms with Crippen LogP contribution < -0.4 is 10.5 Å². The highest BCUT2D eigenvalue weighted by Gasteiger charge is 2.64. The average molecular weight is 365 g/mol. The first-order chi connectivity index (χ1) is 12.3. The lowest BCUT2D eigenvalue weighted by Gasteiger charge is -2.30. The summed E-state index contributed by atoms with van der Waals surface area (Å²) >= 11 is 0. The summed E-state index contributed by atoms with van der Waals surface area (Å²) in [6, 6.07) is 0. The zero-order chi connectivity index (χ0) is 18.7. The highest BCUT2D eigenvalue weighted by Crippen LogP contribution is 2.51. The number of hydrogen-bond acceptors (Lipinski definition) is 9. The molecule has 2 aliphatic heterocycles. The second-order valence-corrected chi connectivity index (χ2v) is 7.08. The van der Waals surface area contributed by atoms with Crippen molar-refractivity contribution < 1.29 is 24.1 Å². The lowest BCUT2D eigenvalue weighted by atomic mass is 9.96. The van der Waals surface area contributed by atoms with Gasteiger partial charge in [-0.25, -0.2) is 4.98 Å². The molecule has 4 rings (SSSR count). The molecule has 0 spiro atoms. The van der Waals surface area contributed by atoms with Crippen LogP contribution >= 0.6 is 0 Å². The van der Waals surface area contributed by atoms with Gasteiger partial charge in [0.15, 0.2) is 23.2 Å². The fourth-order valence-corrected chi connectivity index (χ4v) is 3.84. The van der Waals surface area contributed by atoms with E-state index in [1.54, 1.807) is 10.9 Å². The Kier molecular flexibility index (Phi) is 3.85. The molecule has 0 aliphatic carbocycles. The lowest BCUT2D eigenvalue weighted by molar-refractivity contribution is -0.217. The molecule has 0 saturated carbocycles. The van der Waals surface area contributed by atoms with Gasteiger partial charge in [0.1, 0.15) is 17.8 Å². The summed E-state index contributed by atoms with van der Waals surface area (Å²) in [5.74, 6) is -0.406. The van der Waals surface area contributed by atoms with E-state index in [9.17, 15) is 5.11 Å². The van der Waals surface area contributed by atoms with Crippen molar-refractivity contribution in [1.29, 1.82) is 0 Å². The summed E-state index contributed by atoms with van der Waals surface area (Å²) in [5, 5.41) is 9.73. The number of aliphatic hydroxyl groups is 1. The second kappa shape index (κ2) is 5.74. The molecule has 10 heteroatoms. The van der Waals surface area contributed by atoms with Gasteiger partial charge in [0.25, 0.3) is 0 Å². The number of nitrogens with zero attached hydrogens (tertiary/aromatic N) is 4. The minimum absolute atomic E-state index is 0.0741. The van der Waals surface area contributed by atoms with Gasteiger partial charge in [-0.15, -0.1) is 0 Å². The standard InChI is InChI=1S/C16H23N5O5/c1-5-23-12-9-11(19-14(17)20-12)21(7-18-9)13-16(4)10(8(6-22)24-13)25-15(2,3)26-16/h7-8,10,13,22H,5-6H2,1-4H3,(H2,17,19,20)/t8-,10-,13-,16-/m1/s1. The van der Waals surface area contributed by atoms with E-state index < -0.39 is 29.8 Å². The van der Waals surface area contributed by atoms with Crippen LogP contribution in [0.2, 0.25) is 0 Å². The molecule has 10 nitrogen and oxygen atoms in total. The van der Waals surface area contributed by atoms with Gasteiger partial charge in [0, 0.05) is 0 Å². The van der Waals surface area contributed by atoms with Gasteiger partial charge >= 0.3 is 0 Å². The van der Waals surface area contributed by atoms with Crippen molar-refractivity contribution in [2.45, 2.75) is 57.5 Å². The number of nitrogen functional groups attached to an aromatic ring is 1. The summed E-state index contributed by atoms with van der Waals surface area (Å²) in [6.07, 6.45) is 0.00776. The van der Waals surface area contributed by atoms with E-state index in [1.807, 2.05) is 27.7 Å². The minimum atomic E-state index is -0.837. The van der Waals surface area contributed by atoms with Crippen molar-refractivity contribution in [1.82, 2.24) is 19.5 Å². The molecule has 2 fully saturated rings. The summed E-state index contributed by atoms with van der Waals surface area (Å²) in [4.78, 5) is 12.8. The maximum absolute atomic E-state index is 9.73. The topological polar surface area (TPSA) is 127 Å². The molecule has 26 heavy (non-hydrogen) atoms. The third-order valence-electron chi connectivity index (χ3n) is 4.69. The number of aromatic nitrogens is 4. The van der Waals surface area contributed by atoms with Crippen molar-refractivity contribution in [2.75, 3.05) is 18.9 Å². The first-order valence-electron chi connectivity index (χ1n) is 8.56. The number of fused-ring (bicyclic) bond motifs is 2. The molecule has 0 radical (unpaired) electrons. The Bertz CT molecular complexity index is 840. The summed E-state index contributed by atoms with van der Waals surface area (Å²) in [6.45, 7) is 7.65. The predicted octanol–water partition coefficient (Wildman–Crippen LogP) is 0.607. The van der Waals surface area contributed by atoms with Gasteiger partial charge in [-0.05, 0) is 27.7 Å². The van der Waals surface area contributed by atoms with Gasteiger partial charge in [-0.2, -0.15) is 9.97 Å². The van der Waals surface area contributed by atoms with Crippen LogP contribution in [-0.4, -0.2) is 61.4 Å². The van der Waals surface area contributed by atoms with Crippen molar-refractivity contribution in [2.24, 2.45) is 0 Å². The predicted molar refractivity (Wildman–Crippen MR) is 90.3 cm³/mol. The van der Waals surface area contributed by atoms with E-state index in [2.05, 4.69) is 15.0 Å². The molecule has 2 saturated heterocycles. The number of imidazole rings is 1. The van der Waals surface area contributed by atoms with E-state index in [1.165, 1.54) is 0 Å². The number of aliphatic hydroxyl groups excluding tert-OH is 1. The average Bonchev–Trinajstić information content (AvgIpc) is 3.14. The van der Waals surface area contributed by atoms with E-state index in [0.717, 1.165) is 0 Å². The van der Waals surface area contributed by atoms with Crippen molar-refractivity contribution >= 4 is 17.1 Å². The largest absolute Gasteiger partial charge is 0.476 e. The van der Waals surface area contributed by atoms with E-state index in [-0.39, 0.29) is 12.6 Å². The highest BCUT2D eigenvalue weighted by atomic mass is 16.8. The lowest BCUT2D eigenvalue weighted by Crippen LogP contribution is -2.42. The Morgan fingerprint density at radius 3 is 2.81 bits per heavy atom. The molecule has 2 aliphatic rings. The Balaban J connectivity index is 1.82. The van der Waals surface area contributed by atoms with Crippen LogP contribution in [0.1, 0.15) is 33.9 Å². The molecule has 2 aromatic rings. The van der Waals surface area contributed by atoms with Crippen LogP contribution in [0.15, 0.2) is 6.33 Å². The number of ether oxygens (including phenoxy) is 4. The van der Waals surface area contributed by atoms with Crippen LogP contribution in [0.4, 0.5) is 5.95 Å². The number of anilines is 1. The van der Waals surface area contributed by atoms with Crippen molar-refractivity contribution in [3.63, 3.8) is 0 Å². The Morgan fingerprint density at radius 1 is 1.35 bits per heavy atom. The Morgan fingerprint density at radius 2 is 2.12 bits per heavy atom. The summed E-state index contributed by atoms with van der Waals surface area (Å²) in [5.41, 5.74) is 5.95. The monoisotopic (exact) mass is 365 g/mol. The van der Waals surface area contributed by atoms with Crippen LogP contribution in [0.25, 0.3) is 11.2 Å². The van der Waals surface area contributed by atoms with E-state index in [0.29, 0.717) is 23.7 Å². The molecule has 4 heterocycles. The maximum atomic E-state index is 9.73. The molecule has 0 amide bonds. The molecule has 0 aromatic carbocycles. The number of rotatable bonds is 4. The Labute approximate surface area is 150 Å². The van der Waals surface area contributed by atoms with Gasteiger partial charge in [-0.1, -0.05) is 0 Å². The van der Waals surface area contributed by atoms with E-state index in [4.69, 9.17) is 24.7 Å². The first kappa shape index (κ1) is 17.4. The first-order valence-corrected chi connectivity index (χ1v) is 8.56. The zero-order valence-corrected chi connectivity index (χ0v) is 15.2. The second-order valence-electron chi connectivity index (χ2n) is 7.08. The molecular formula is C16H23N5O5. The molecule has 0 bridgehead atoms. The Hall–Kier alpha value is -2.01. The summed E-state index contributed by atoms with van der Waals surface area (Å²) in [7, 11) is 0. The molecule has 0 unspecified atom stereocenters. The third-order valence-corrected chi connectivity index (χ3v) is 4.69. The van der Waals surface area contributed by atoms with Crippen molar-refractivity contribution in [3.8, 4) is 5.88 Å². The van der Waals surface area contributed by atoms with Crippen molar-refractivity contribution in [3.05, 3.63) is 6.33 Å². The molecular weight excluding hydrogens is 342 g/mol. The van der Waals surface area contributed by atoms with Crippen LogP contribution in [-0.2, 0) is 14.2 Å². The van der Waals surface area contributed by atoms with Gasteiger partial charge in [0.2, 0.25) is 11.8 Å². The van der Waals surface area contributed by atoms with Gasteiger partial charge < -0.3 is 29.8 Å². The molecule has 4 atom stereocenters. The van der Waals surface area contributed by atoms with Gasteiger partial charge in [0.05, 0.1) is 19.5 Å². The minimum Gasteiger partial charge on any atom is -0.476 e.